The van der Waals surface area contributed by atoms with Crippen molar-refractivity contribution in [3.8, 4) is 5.75 Å². The summed E-state index contributed by atoms with van der Waals surface area (Å²) in [4.78, 5) is 0. The van der Waals surface area contributed by atoms with E-state index in [-0.39, 0.29) is 0 Å². The molecule has 0 aromatic heterocycles. The Morgan fingerprint density at radius 3 is 2.47 bits per heavy atom. The van der Waals surface area contributed by atoms with Crippen molar-refractivity contribution in [3.63, 3.8) is 0 Å². The standard InChI is InChI=1S/C15H23NO/c17-15-10-6-7-13(11-15)12-16-14-8-4-2-1-3-5-9-14/h6-7,10-11,14,16-17H,1-5,8-9,12H2. The van der Waals surface area contributed by atoms with Crippen LogP contribution in [-0.4, -0.2) is 11.1 Å². The molecule has 0 radical (unpaired) electrons. The molecule has 1 fully saturated rings. The van der Waals surface area contributed by atoms with Crippen LogP contribution in [0.5, 0.6) is 5.75 Å². The van der Waals surface area contributed by atoms with Gasteiger partial charge in [-0.3, -0.25) is 0 Å². The first kappa shape index (κ1) is 12.4. The fourth-order valence-corrected chi connectivity index (χ4v) is 2.59. The van der Waals surface area contributed by atoms with Gasteiger partial charge in [-0.15, -0.1) is 0 Å². The van der Waals surface area contributed by atoms with Crippen LogP contribution in [0.1, 0.15) is 50.5 Å². The highest BCUT2D eigenvalue weighted by molar-refractivity contribution is 5.26. The minimum Gasteiger partial charge on any atom is -0.508 e. The summed E-state index contributed by atoms with van der Waals surface area (Å²) in [6, 6.07) is 8.20. The molecule has 1 aromatic carbocycles. The van der Waals surface area contributed by atoms with E-state index in [0.29, 0.717) is 11.8 Å². The van der Waals surface area contributed by atoms with Crippen molar-refractivity contribution in [1.82, 2.24) is 5.32 Å². The summed E-state index contributed by atoms with van der Waals surface area (Å²) in [5.41, 5.74) is 1.17. The number of hydrogen-bond acceptors (Lipinski definition) is 2. The fraction of sp³-hybridized carbons (Fsp3) is 0.600. The highest BCUT2D eigenvalue weighted by atomic mass is 16.3. The van der Waals surface area contributed by atoms with E-state index in [1.807, 2.05) is 12.1 Å². The van der Waals surface area contributed by atoms with Crippen molar-refractivity contribution in [2.45, 2.75) is 57.5 Å². The minimum atomic E-state index is 0.363. The highest BCUT2D eigenvalue weighted by Crippen LogP contribution is 2.18. The molecule has 0 spiro atoms. The van der Waals surface area contributed by atoms with E-state index in [1.54, 1.807) is 6.07 Å². The summed E-state index contributed by atoms with van der Waals surface area (Å²) in [5.74, 6) is 0.363. The van der Waals surface area contributed by atoms with Crippen LogP contribution in [0.15, 0.2) is 24.3 Å². The maximum absolute atomic E-state index is 9.40. The first-order valence-corrected chi connectivity index (χ1v) is 6.86. The number of benzene rings is 1. The molecular formula is C15H23NO. The molecule has 0 unspecified atom stereocenters. The van der Waals surface area contributed by atoms with Crippen molar-refractivity contribution in [2.24, 2.45) is 0 Å². The first-order valence-electron chi connectivity index (χ1n) is 6.86. The molecule has 1 aliphatic rings. The van der Waals surface area contributed by atoms with Gasteiger partial charge in [0.2, 0.25) is 0 Å². The monoisotopic (exact) mass is 233 g/mol. The normalized spacial score (nSPS) is 18.6. The predicted molar refractivity (Wildman–Crippen MR) is 71.1 cm³/mol. The van der Waals surface area contributed by atoms with Gasteiger partial charge >= 0.3 is 0 Å². The Labute approximate surface area is 104 Å². The lowest BCUT2D eigenvalue weighted by Gasteiger charge is -2.21. The molecular weight excluding hydrogens is 210 g/mol. The molecule has 0 heterocycles. The predicted octanol–water partition coefficient (Wildman–Crippen LogP) is 3.59. The third-order valence-corrected chi connectivity index (χ3v) is 3.61. The molecule has 2 rings (SSSR count). The molecule has 1 saturated carbocycles. The van der Waals surface area contributed by atoms with Gasteiger partial charge in [-0.2, -0.15) is 0 Å². The number of aromatic hydroxyl groups is 1. The van der Waals surface area contributed by atoms with Crippen LogP contribution < -0.4 is 5.32 Å². The van der Waals surface area contributed by atoms with Crippen molar-refractivity contribution in [1.29, 1.82) is 0 Å². The van der Waals surface area contributed by atoms with Crippen molar-refractivity contribution < 1.29 is 5.11 Å². The Hall–Kier alpha value is -1.02. The number of hydrogen-bond donors (Lipinski definition) is 2. The number of rotatable bonds is 3. The third-order valence-electron chi connectivity index (χ3n) is 3.61. The number of phenols is 1. The van der Waals surface area contributed by atoms with Crippen LogP contribution in [-0.2, 0) is 6.54 Å². The fourth-order valence-electron chi connectivity index (χ4n) is 2.59. The average molecular weight is 233 g/mol. The largest absolute Gasteiger partial charge is 0.508 e. The molecule has 1 aromatic rings. The SMILES string of the molecule is Oc1cccc(CNC2CCCCCCC2)c1. The molecule has 0 bridgehead atoms. The van der Waals surface area contributed by atoms with Crippen LogP contribution >= 0.6 is 0 Å². The summed E-state index contributed by atoms with van der Waals surface area (Å²) >= 11 is 0. The van der Waals surface area contributed by atoms with E-state index in [1.165, 1.54) is 50.5 Å². The number of phenolic OH excluding ortho intramolecular Hbond substituents is 1. The van der Waals surface area contributed by atoms with E-state index < -0.39 is 0 Å². The van der Waals surface area contributed by atoms with Gasteiger partial charge in [0.25, 0.3) is 0 Å². The molecule has 2 N–H and O–H groups in total. The number of nitrogens with one attached hydrogen (secondary N) is 1. The van der Waals surface area contributed by atoms with Crippen LogP contribution in [0.25, 0.3) is 0 Å². The average Bonchev–Trinajstić information content (AvgIpc) is 2.27. The quantitative estimate of drug-likeness (QED) is 0.836. The molecule has 1 aliphatic carbocycles. The molecule has 0 aliphatic heterocycles. The second kappa shape index (κ2) is 6.65. The zero-order valence-corrected chi connectivity index (χ0v) is 10.5. The van der Waals surface area contributed by atoms with Crippen molar-refractivity contribution in [3.05, 3.63) is 29.8 Å². The Balaban J connectivity index is 1.79. The summed E-state index contributed by atoms with van der Waals surface area (Å²) in [6.45, 7) is 0.874. The molecule has 0 atom stereocenters. The molecule has 0 amide bonds. The van der Waals surface area contributed by atoms with E-state index in [4.69, 9.17) is 0 Å². The Kier molecular flexibility index (Phi) is 4.87. The van der Waals surface area contributed by atoms with Crippen LogP contribution in [0, 0.1) is 0 Å². The van der Waals surface area contributed by atoms with Crippen molar-refractivity contribution in [2.75, 3.05) is 0 Å². The van der Waals surface area contributed by atoms with Gasteiger partial charge in [0.1, 0.15) is 5.75 Å². The molecule has 17 heavy (non-hydrogen) atoms. The van der Waals surface area contributed by atoms with Gasteiger partial charge < -0.3 is 10.4 Å². The van der Waals surface area contributed by atoms with Gasteiger partial charge in [0.15, 0.2) is 0 Å². The lowest BCUT2D eigenvalue weighted by atomic mass is 9.96. The third kappa shape index (κ3) is 4.39. The summed E-state index contributed by atoms with van der Waals surface area (Å²) in [6.07, 6.45) is 9.53. The van der Waals surface area contributed by atoms with Gasteiger partial charge in [0.05, 0.1) is 0 Å². The summed E-state index contributed by atoms with van der Waals surface area (Å²) in [7, 11) is 0. The van der Waals surface area contributed by atoms with Gasteiger partial charge in [-0.1, -0.05) is 44.2 Å². The van der Waals surface area contributed by atoms with Crippen LogP contribution in [0.2, 0.25) is 0 Å². The second-order valence-corrected chi connectivity index (χ2v) is 5.09. The van der Waals surface area contributed by atoms with E-state index >= 15 is 0 Å². The molecule has 0 saturated heterocycles. The molecule has 2 heteroatoms. The lowest BCUT2D eigenvalue weighted by Crippen LogP contribution is -2.29. The second-order valence-electron chi connectivity index (χ2n) is 5.09. The Morgan fingerprint density at radius 2 is 1.76 bits per heavy atom. The summed E-state index contributed by atoms with van der Waals surface area (Å²) < 4.78 is 0. The first-order chi connectivity index (χ1) is 8.34. The smallest absolute Gasteiger partial charge is 0.115 e. The maximum Gasteiger partial charge on any atom is 0.115 e. The van der Waals surface area contributed by atoms with Crippen LogP contribution in [0.3, 0.4) is 0 Å². The lowest BCUT2D eigenvalue weighted by molar-refractivity contribution is 0.388. The molecule has 2 nitrogen and oxygen atoms in total. The maximum atomic E-state index is 9.40. The Morgan fingerprint density at radius 1 is 1.06 bits per heavy atom. The Bertz CT molecular complexity index is 329. The highest BCUT2D eigenvalue weighted by Gasteiger charge is 2.10. The van der Waals surface area contributed by atoms with Crippen molar-refractivity contribution >= 4 is 0 Å². The van der Waals surface area contributed by atoms with E-state index in [0.717, 1.165) is 6.54 Å². The van der Waals surface area contributed by atoms with E-state index in [9.17, 15) is 5.11 Å². The van der Waals surface area contributed by atoms with Gasteiger partial charge in [0, 0.05) is 12.6 Å². The zero-order chi connectivity index (χ0) is 11.9. The van der Waals surface area contributed by atoms with Gasteiger partial charge in [-0.05, 0) is 30.5 Å². The zero-order valence-electron chi connectivity index (χ0n) is 10.5. The van der Waals surface area contributed by atoms with Gasteiger partial charge in [-0.25, -0.2) is 0 Å². The minimum absolute atomic E-state index is 0.363. The van der Waals surface area contributed by atoms with E-state index in [2.05, 4.69) is 11.4 Å². The topological polar surface area (TPSA) is 32.3 Å². The molecule has 94 valence electrons. The van der Waals surface area contributed by atoms with Crippen LogP contribution in [0.4, 0.5) is 0 Å². The summed E-state index contributed by atoms with van der Waals surface area (Å²) in [5, 5.41) is 13.0.